The fourth-order valence-electron chi connectivity index (χ4n) is 2.03. The molecule has 0 N–H and O–H groups in total. The summed E-state index contributed by atoms with van der Waals surface area (Å²) in [4.78, 5) is 0. The summed E-state index contributed by atoms with van der Waals surface area (Å²) < 4.78 is 1.04. The van der Waals surface area contributed by atoms with Crippen LogP contribution < -0.4 is 16.9 Å². The lowest BCUT2D eigenvalue weighted by Gasteiger charge is -2.29. The number of nitrogens with zero attached hydrogens (tertiary/aromatic N) is 1. The lowest BCUT2D eigenvalue weighted by Crippen LogP contribution is -3.00. The van der Waals surface area contributed by atoms with Crippen molar-refractivity contribution in [2.24, 2.45) is 0 Å². The van der Waals surface area contributed by atoms with Gasteiger partial charge in [0.15, 0.2) is 0 Å². The topological polar surface area (TPSA) is 0 Å². The third kappa shape index (κ3) is 1.47. The molecule has 0 saturated heterocycles. The number of hydrogen-bond donors (Lipinski definition) is 0. The van der Waals surface area contributed by atoms with Crippen molar-refractivity contribution in [1.29, 1.82) is 0 Å². The highest BCUT2D eigenvalue weighted by Gasteiger charge is 2.36. The molecule has 1 nitrogen and oxygen atoms in total. The maximum Gasteiger partial charge on any atom is 0.136 e. The van der Waals surface area contributed by atoms with Crippen LogP contribution in [-0.2, 0) is 6.42 Å². The van der Waals surface area contributed by atoms with E-state index in [1.807, 2.05) is 0 Å². The van der Waals surface area contributed by atoms with E-state index in [2.05, 4.69) is 45.3 Å². The van der Waals surface area contributed by atoms with E-state index in [0.717, 1.165) is 10.5 Å². The number of hydrogen-bond acceptors (Lipinski definition) is 0. The molecule has 72 valence electrons. The highest BCUT2D eigenvalue weighted by atomic mass is 35.5. The Balaban J connectivity index is 0.000000845. The van der Waals surface area contributed by atoms with Gasteiger partial charge in [-0.15, -0.1) is 0 Å². The lowest BCUT2D eigenvalue weighted by atomic mass is 10.1. The monoisotopic (exact) mass is 197 g/mol. The van der Waals surface area contributed by atoms with Crippen LogP contribution in [0.5, 0.6) is 0 Å². The predicted octanol–water partition coefficient (Wildman–Crippen LogP) is -0.798. The Morgan fingerprint density at radius 3 is 2.46 bits per heavy atom. The van der Waals surface area contributed by atoms with Crippen LogP contribution in [0, 0.1) is 0 Å². The van der Waals surface area contributed by atoms with E-state index in [9.17, 15) is 0 Å². The van der Waals surface area contributed by atoms with Crippen LogP contribution in [0.4, 0.5) is 5.69 Å². The molecule has 1 heterocycles. The SMILES string of the molecule is CC1Cc2ccccc2[N+]1(C)C.[Cl-]. The van der Waals surface area contributed by atoms with E-state index in [1.165, 1.54) is 17.7 Å². The predicted molar refractivity (Wildman–Crippen MR) is 53.3 cm³/mol. The average Bonchev–Trinajstić information content (AvgIpc) is 2.25. The minimum Gasteiger partial charge on any atom is -1.00 e. The molecule has 0 radical (unpaired) electrons. The Morgan fingerprint density at radius 1 is 1.23 bits per heavy atom. The smallest absolute Gasteiger partial charge is 0.136 e. The molecule has 1 unspecified atom stereocenters. The Labute approximate surface area is 86.4 Å². The van der Waals surface area contributed by atoms with Gasteiger partial charge in [0.1, 0.15) is 5.69 Å². The molecular weight excluding hydrogens is 182 g/mol. The molecule has 0 bridgehead atoms. The number of quaternary nitrogens is 1. The normalized spacial score (nSPS) is 23.5. The van der Waals surface area contributed by atoms with Crippen molar-refractivity contribution in [2.45, 2.75) is 19.4 Å². The molecule has 2 rings (SSSR count). The molecule has 0 aromatic heterocycles. The van der Waals surface area contributed by atoms with Crippen LogP contribution >= 0.6 is 0 Å². The molecule has 1 aliphatic heterocycles. The highest BCUT2D eigenvalue weighted by molar-refractivity contribution is 5.54. The van der Waals surface area contributed by atoms with E-state index >= 15 is 0 Å². The van der Waals surface area contributed by atoms with Gasteiger partial charge in [-0.3, -0.25) is 4.48 Å². The Hall–Kier alpha value is -0.530. The molecule has 1 aliphatic rings. The van der Waals surface area contributed by atoms with Gasteiger partial charge in [-0.05, 0) is 13.0 Å². The van der Waals surface area contributed by atoms with Crippen molar-refractivity contribution in [1.82, 2.24) is 4.48 Å². The minimum absolute atomic E-state index is 0. The van der Waals surface area contributed by atoms with Gasteiger partial charge in [0.2, 0.25) is 0 Å². The van der Waals surface area contributed by atoms with Crippen molar-refractivity contribution in [2.75, 3.05) is 14.1 Å². The maximum absolute atomic E-state index is 2.32. The van der Waals surface area contributed by atoms with Crippen LogP contribution in [0.2, 0.25) is 0 Å². The molecule has 0 amide bonds. The number of likely N-dealkylation sites (N-methyl/N-ethyl adjacent to an activating group) is 1. The van der Waals surface area contributed by atoms with Gasteiger partial charge in [-0.2, -0.15) is 0 Å². The zero-order valence-corrected chi connectivity index (χ0v) is 9.17. The van der Waals surface area contributed by atoms with Crippen molar-refractivity contribution < 1.29 is 12.4 Å². The first kappa shape index (κ1) is 10.6. The van der Waals surface area contributed by atoms with E-state index in [-0.39, 0.29) is 12.4 Å². The Kier molecular flexibility index (Phi) is 2.69. The summed E-state index contributed by atoms with van der Waals surface area (Å²) in [5.74, 6) is 0. The third-order valence-corrected chi connectivity index (χ3v) is 3.23. The fourth-order valence-corrected chi connectivity index (χ4v) is 2.03. The molecule has 0 fully saturated rings. The van der Waals surface area contributed by atoms with E-state index in [4.69, 9.17) is 0 Å². The van der Waals surface area contributed by atoms with Crippen molar-refractivity contribution in [3.8, 4) is 0 Å². The Morgan fingerprint density at radius 2 is 1.85 bits per heavy atom. The second-order valence-electron chi connectivity index (χ2n) is 4.22. The third-order valence-electron chi connectivity index (χ3n) is 3.23. The van der Waals surface area contributed by atoms with Crippen LogP contribution in [0.1, 0.15) is 12.5 Å². The maximum atomic E-state index is 2.32. The molecule has 0 aliphatic carbocycles. The van der Waals surface area contributed by atoms with Crippen molar-refractivity contribution >= 4 is 5.69 Å². The first-order valence-corrected chi connectivity index (χ1v) is 4.54. The molecular formula is C11H16ClN. The largest absolute Gasteiger partial charge is 1.00 e. The number of benzene rings is 1. The quantitative estimate of drug-likeness (QED) is 0.478. The van der Waals surface area contributed by atoms with E-state index < -0.39 is 0 Å². The first-order valence-electron chi connectivity index (χ1n) is 4.54. The van der Waals surface area contributed by atoms with Crippen LogP contribution in [0.25, 0.3) is 0 Å². The zero-order valence-electron chi connectivity index (χ0n) is 8.42. The zero-order chi connectivity index (χ0) is 8.77. The van der Waals surface area contributed by atoms with E-state index in [1.54, 1.807) is 0 Å². The number of halogens is 1. The average molecular weight is 198 g/mol. The van der Waals surface area contributed by atoms with E-state index in [0.29, 0.717) is 0 Å². The molecule has 13 heavy (non-hydrogen) atoms. The van der Waals surface area contributed by atoms with Gasteiger partial charge in [0, 0.05) is 12.0 Å². The summed E-state index contributed by atoms with van der Waals surface area (Å²) >= 11 is 0. The second kappa shape index (κ2) is 3.32. The summed E-state index contributed by atoms with van der Waals surface area (Å²) in [6.07, 6.45) is 1.23. The van der Waals surface area contributed by atoms with Gasteiger partial charge in [-0.1, -0.05) is 18.2 Å². The Bertz CT molecular complexity index is 307. The number of fused-ring (bicyclic) bond motifs is 1. The molecule has 0 spiro atoms. The molecule has 2 heteroatoms. The lowest BCUT2D eigenvalue weighted by molar-refractivity contribution is -0.00000262. The molecule has 1 atom stereocenters. The van der Waals surface area contributed by atoms with Gasteiger partial charge in [0.25, 0.3) is 0 Å². The van der Waals surface area contributed by atoms with Crippen LogP contribution in [0.3, 0.4) is 0 Å². The fraction of sp³-hybridized carbons (Fsp3) is 0.455. The molecule has 0 saturated carbocycles. The summed E-state index contributed by atoms with van der Waals surface area (Å²) in [5, 5.41) is 0. The van der Waals surface area contributed by atoms with Gasteiger partial charge >= 0.3 is 0 Å². The summed E-state index contributed by atoms with van der Waals surface area (Å²) in [6.45, 7) is 2.32. The summed E-state index contributed by atoms with van der Waals surface area (Å²) in [5.41, 5.74) is 3.01. The van der Waals surface area contributed by atoms with Gasteiger partial charge in [-0.25, -0.2) is 0 Å². The summed E-state index contributed by atoms with van der Waals surface area (Å²) in [6, 6.07) is 9.49. The molecule has 1 aromatic carbocycles. The van der Waals surface area contributed by atoms with Crippen LogP contribution in [-0.4, -0.2) is 20.1 Å². The number of rotatable bonds is 0. The van der Waals surface area contributed by atoms with Crippen molar-refractivity contribution in [3.05, 3.63) is 29.8 Å². The van der Waals surface area contributed by atoms with Gasteiger partial charge in [0.05, 0.1) is 20.1 Å². The first-order chi connectivity index (χ1) is 5.62. The van der Waals surface area contributed by atoms with Crippen LogP contribution in [0.15, 0.2) is 24.3 Å². The molecule has 1 aromatic rings. The second-order valence-corrected chi connectivity index (χ2v) is 4.22. The highest BCUT2D eigenvalue weighted by Crippen LogP contribution is 2.35. The van der Waals surface area contributed by atoms with Crippen molar-refractivity contribution in [3.63, 3.8) is 0 Å². The standard InChI is InChI=1S/C11H16N.ClH/c1-9-8-10-6-4-5-7-11(10)12(9,2)3;/h4-7,9H,8H2,1-3H3;1H/q+1;/p-1. The van der Waals surface area contributed by atoms with Gasteiger partial charge < -0.3 is 12.4 Å². The minimum atomic E-state index is 0. The summed E-state index contributed by atoms with van der Waals surface area (Å²) in [7, 11) is 4.58. The number of para-hydroxylation sites is 1.